The maximum absolute atomic E-state index is 13.2. The number of carbonyl (C=O) groups is 1. The maximum atomic E-state index is 13.2. The topological polar surface area (TPSA) is 48.1 Å². The molecule has 3 aromatic carbocycles. The lowest BCUT2D eigenvalue weighted by Gasteiger charge is -2.40. The maximum Gasteiger partial charge on any atom is 0.261 e. The van der Waals surface area contributed by atoms with Crippen molar-refractivity contribution in [3.63, 3.8) is 0 Å². The summed E-state index contributed by atoms with van der Waals surface area (Å²) in [6.07, 6.45) is 3.69. The number of anilines is 1. The van der Waals surface area contributed by atoms with Crippen molar-refractivity contribution in [2.24, 2.45) is 0 Å². The summed E-state index contributed by atoms with van der Waals surface area (Å²) in [5.74, 6) is -0.0154. The number of carbonyl (C=O) groups excluding carboxylic acids is 1. The summed E-state index contributed by atoms with van der Waals surface area (Å²) in [7, 11) is 0. The molecule has 4 nitrogen and oxygen atoms in total. The lowest BCUT2D eigenvalue weighted by atomic mass is 9.87. The van der Waals surface area contributed by atoms with Crippen molar-refractivity contribution in [3.05, 3.63) is 81.5 Å². The number of aryl methyl sites for hydroxylation is 2. The van der Waals surface area contributed by atoms with Crippen molar-refractivity contribution in [2.45, 2.75) is 20.0 Å². The lowest BCUT2D eigenvalue weighted by molar-refractivity contribution is 0.0769. The first-order valence-corrected chi connectivity index (χ1v) is 10.0. The van der Waals surface area contributed by atoms with Gasteiger partial charge in [-0.1, -0.05) is 29.8 Å². The van der Waals surface area contributed by atoms with Gasteiger partial charge >= 0.3 is 0 Å². The van der Waals surface area contributed by atoms with Crippen LogP contribution in [0.3, 0.4) is 0 Å². The fourth-order valence-corrected chi connectivity index (χ4v) is 5.04. The molecule has 2 aliphatic rings. The highest BCUT2D eigenvalue weighted by Crippen LogP contribution is 2.44. The smallest absolute Gasteiger partial charge is 0.261 e. The average molecular weight is 400 g/mol. The summed E-state index contributed by atoms with van der Waals surface area (Å²) in [6.45, 7) is 4.29. The van der Waals surface area contributed by atoms with Crippen LogP contribution in [-0.4, -0.2) is 15.8 Å². The van der Waals surface area contributed by atoms with Gasteiger partial charge in [0.05, 0.1) is 16.8 Å². The average Bonchev–Trinajstić information content (AvgIpc) is 3.11. The minimum Gasteiger partial charge on any atom is -0.360 e. The van der Waals surface area contributed by atoms with Gasteiger partial charge in [-0.3, -0.25) is 9.69 Å². The minimum atomic E-state index is -0.259. The zero-order chi connectivity index (χ0) is 19.9. The quantitative estimate of drug-likeness (QED) is 0.373. The Hall–Kier alpha value is -3.24. The van der Waals surface area contributed by atoms with Crippen molar-refractivity contribution in [2.75, 3.05) is 5.32 Å². The molecule has 142 valence electrons. The molecule has 29 heavy (non-hydrogen) atoms. The molecule has 0 bridgehead atoms. The Balaban J connectivity index is 1.66. The van der Waals surface area contributed by atoms with E-state index in [9.17, 15) is 4.79 Å². The molecule has 1 amide bonds. The van der Waals surface area contributed by atoms with E-state index in [1.807, 2.05) is 18.3 Å². The molecule has 1 aromatic heterocycles. The number of nitrogens with zero attached hydrogens (tertiary/aromatic N) is 1. The van der Waals surface area contributed by atoms with E-state index in [-0.39, 0.29) is 12.1 Å². The molecule has 1 unspecified atom stereocenters. The van der Waals surface area contributed by atoms with Crippen molar-refractivity contribution in [1.82, 2.24) is 9.88 Å². The van der Waals surface area contributed by atoms with E-state index >= 15 is 0 Å². The molecule has 0 fully saturated rings. The first kappa shape index (κ1) is 16.7. The molecule has 0 aliphatic carbocycles. The highest BCUT2D eigenvalue weighted by molar-refractivity contribution is 6.31. The monoisotopic (exact) mass is 399 g/mol. The third-order valence-corrected chi connectivity index (χ3v) is 6.48. The number of hydrogen-bond donors (Lipinski definition) is 2. The molecule has 4 aromatic rings. The van der Waals surface area contributed by atoms with Crippen LogP contribution in [-0.2, 0) is 0 Å². The summed E-state index contributed by atoms with van der Waals surface area (Å²) < 4.78 is 0. The zero-order valence-electron chi connectivity index (χ0n) is 16.0. The third kappa shape index (κ3) is 2.12. The summed E-state index contributed by atoms with van der Waals surface area (Å²) in [5, 5.41) is 6.60. The van der Waals surface area contributed by atoms with Crippen LogP contribution in [0.4, 0.5) is 5.69 Å². The molecule has 1 atom stereocenters. The van der Waals surface area contributed by atoms with E-state index in [0.717, 1.165) is 27.8 Å². The fraction of sp³-hybridized carbons (Fsp3) is 0.125. The molecule has 0 radical (unpaired) electrons. The second-order valence-corrected chi connectivity index (χ2v) is 8.20. The van der Waals surface area contributed by atoms with Crippen LogP contribution in [0, 0.1) is 13.8 Å². The first-order chi connectivity index (χ1) is 14.0. The fourth-order valence-electron chi connectivity index (χ4n) is 4.87. The third-order valence-electron chi connectivity index (χ3n) is 6.25. The number of rotatable bonds is 0. The number of nitrogens with one attached hydrogen (secondary N) is 2. The molecular weight excluding hydrogens is 382 g/mol. The first-order valence-electron chi connectivity index (χ1n) is 9.65. The van der Waals surface area contributed by atoms with Gasteiger partial charge in [-0.2, -0.15) is 0 Å². The van der Waals surface area contributed by atoms with Gasteiger partial charge < -0.3 is 10.3 Å². The second-order valence-electron chi connectivity index (χ2n) is 7.76. The SMILES string of the molecule is Cc1c2c(c(C)c3c1[nH]c1ccccc13)C1Nc3cc(Cl)ccc3C(=O)N1C=C2. The van der Waals surface area contributed by atoms with Crippen molar-refractivity contribution in [1.29, 1.82) is 0 Å². The summed E-state index contributed by atoms with van der Waals surface area (Å²) in [4.78, 5) is 18.6. The van der Waals surface area contributed by atoms with Crippen LogP contribution in [0.2, 0.25) is 5.02 Å². The van der Waals surface area contributed by atoms with Gasteiger partial charge in [0.1, 0.15) is 6.17 Å². The number of fused-ring (bicyclic) bond motifs is 7. The standard InChI is InChI=1S/C24H18ClN3O/c1-12-15-9-10-28-23(27-19-11-14(25)7-8-17(19)24(28)29)21(15)13(2)20-16-5-3-4-6-18(16)26-22(12)20/h3-11,23,26-27H,1-2H3. The Kier molecular flexibility index (Phi) is 3.25. The van der Waals surface area contributed by atoms with Gasteiger partial charge in [0.2, 0.25) is 0 Å². The van der Waals surface area contributed by atoms with E-state index in [2.05, 4.69) is 48.4 Å². The predicted molar refractivity (Wildman–Crippen MR) is 118 cm³/mol. The number of benzene rings is 3. The Morgan fingerprint density at radius 1 is 1.07 bits per heavy atom. The molecule has 2 aliphatic heterocycles. The Bertz CT molecular complexity index is 1400. The van der Waals surface area contributed by atoms with Crippen LogP contribution in [0.5, 0.6) is 0 Å². The van der Waals surface area contributed by atoms with Crippen LogP contribution >= 0.6 is 11.6 Å². The highest BCUT2D eigenvalue weighted by Gasteiger charge is 2.37. The molecule has 0 saturated carbocycles. The van der Waals surface area contributed by atoms with Gasteiger partial charge in [-0.25, -0.2) is 0 Å². The summed E-state index contributed by atoms with van der Waals surface area (Å²) in [5.41, 5.74) is 8.38. The minimum absolute atomic E-state index is 0.0154. The number of amides is 1. The Morgan fingerprint density at radius 3 is 2.76 bits per heavy atom. The molecule has 0 saturated heterocycles. The van der Waals surface area contributed by atoms with E-state index in [4.69, 9.17) is 11.6 Å². The number of halogens is 1. The molecule has 2 N–H and O–H groups in total. The molecular formula is C24H18ClN3O. The summed E-state index contributed by atoms with van der Waals surface area (Å²) in [6, 6.07) is 13.7. The molecule has 0 spiro atoms. The van der Waals surface area contributed by atoms with E-state index in [0.29, 0.717) is 10.6 Å². The lowest BCUT2D eigenvalue weighted by Crippen LogP contribution is -2.41. The normalized spacial score (nSPS) is 17.3. The number of aromatic nitrogens is 1. The molecule has 5 heteroatoms. The number of H-pyrrole nitrogens is 1. The number of aromatic amines is 1. The second kappa shape index (κ2) is 5.65. The van der Waals surface area contributed by atoms with Gasteiger partial charge in [0, 0.05) is 33.1 Å². The van der Waals surface area contributed by atoms with Crippen LogP contribution < -0.4 is 5.32 Å². The van der Waals surface area contributed by atoms with Gasteiger partial charge in [-0.05, 0) is 60.9 Å². The largest absolute Gasteiger partial charge is 0.360 e. The Morgan fingerprint density at radius 2 is 1.90 bits per heavy atom. The molecule has 3 heterocycles. The summed E-state index contributed by atoms with van der Waals surface area (Å²) >= 11 is 6.20. The van der Waals surface area contributed by atoms with Crippen molar-refractivity contribution in [3.8, 4) is 0 Å². The van der Waals surface area contributed by atoms with E-state index in [1.165, 1.54) is 21.9 Å². The highest BCUT2D eigenvalue weighted by atomic mass is 35.5. The van der Waals surface area contributed by atoms with Gasteiger partial charge in [0.25, 0.3) is 5.91 Å². The number of para-hydroxylation sites is 1. The van der Waals surface area contributed by atoms with E-state index < -0.39 is 0 Å². The van der Waals surface area contributed by atoms with Crippen molar-refractivity contribution < 1.29 is 4.79 Å². The van der Waals surface area contributed by atoms with Crippen LogP contribution in [0.25, 0.3) is 27.9 Å². The Labute approximate surface area is 172 Å². The van der Waals surface area contributed by atoms with Gasteiger partial charge in [-0.15, -0.1) is 0 Å². The molecule has 6 rings (SSSR count). The van der Waals surface area contributed by atoms with Crippen LogP contribution in [0.1, 0.15) is 38.8 Å². The predicted octanol–water partition coefficient (Wildman–Crippen LogP) is 6.14. The van der Waals surface area contributed by atoms with Crippen LogP contribution in [0.15, 0.2) is 48.7 Å². The number of hydrogen-bond acceptors (Lipinski definition) is 2. The van der Waals surface area contributed by atoms with E-state index in [1.54, 1.807) is 17.0 Å². The van der Waals surface area contributed by atoms with Crippen molar-refractivity contribution >= 4 is 51.1 Å². The zero-order valence-corrected chi connectivity index (χ0v) is 16.8. The van der Waals surface area contributed by atoms with Gasteiger partial charge in [0.15, 0.2) is 0 Å².